The van der Waals surface area contributed by atoms with E-state index in [-0.39, 0.29) is 10.6 Å². The SMILES string of the molecule is CCOCCN(C)c1ccc(I)cc1[N+](=O)[O-]. The summed E-state index contributed by atoms with van der Waals surface area (Å²) in [6.45, 7) is 3.78. The molecule has 0 aliphatic rings. The van der Waals surface area contributed by atoms with Crippen molar-refractivity contribution in [2.75, 3.05) is 31.7 Å². The lowest BCUT2D eigenvalue weighted by Crippen LogP contribution is -2.23. The van der Waals surface area contributed by atoms with Crippen LogP contribution in [0.1, 0.15) is 6.92 Å². The van der Waals surface area contributed by atoms with Gasteiger partial charge < -0.3 is 9.64 Å². The fraction of sp³-hybridized carbons (Fsp3) is 0.455. The number of likely N-dealkylation sites (N-methyl/N-ethyl adjacent to an activating group) is 1. The highest BCUT2D eigenvalue weighted by atomic mass is 127. The predicted molar refractivity (Wildman–Crippen MR) is 75.6 cm³/mol. The Morgan fingerprint density at radius 2 is 2.24 bits per heavy atom. The first-order valence-electron chi connectivity index (χ1n) is 5.29. The highest BCUT2D eigenvalue weighted by Crippen LogP contribution is 2.28. The monoisotopic (exact) mass is 350 g/mol. The zero-order valence-corrected chi connectivity index (χ0v) is 12.0. The molecule has 0 N–H and O–H groups in total. The van der Waals surface area contributed by atoms with Crippen molar-refractivity contribution in [1.29, 1.82) is 0 Å². The van der Waals surface area contributed by atoms with Gasteiger partial charge in [-0.05, 0) is 41.6 Å². The second-order valence-corrected chi connectivity index (χ2v) is 4.75. The molecule has 6 heteroatoms. The molecule has 0 aliphatic heterocycles. The fourth-order valence-electron chi connectivity index (χ4n) is 1.43. The van der Waals surface area contributed by atoms with Crippen LogP contribution < -0.4 is 4.90 Å². The third kappa shape index (κ3) is 4.12. The summed E-state index contributed by atoms with van der Waals surface area (Å²) in [6.07, 6.45) is 0. The molecule has 0 spiro atoms. The number of halogens is 1. The van der Waals surface area contributed by atoms with Gasteiger partial charge in [0.05, 0.1) is 11.5 Å². The maximum atomic E-state index is 11.0. The highest BCUT2D eigenvalue weighted by molar-refractivity contribution is 14.1. The second kappa shape index (κ2) is 6.75. The molecule has 0 aromatic heterocycles. The normalized spacial score (nSPS) is 10.3. The van der Waals surface area contributed by atoms with E-state index >= 15 is 0 Å². The number of anilines is 1. The zero-order valence-electron chi connectivity index (χ0n) is 9.85. The predicted octanol–water partition coefficient (Wildman–Crippen LogP) is 2.67. The molecule has 0 saturated carbocycles. The maximum absolute atomic E-state index is 11.0. The van der Waals surface area contributed by atoms with Crippen molar-refractivity contribution in [2.45, 2.75) is 6.92 Å². The third-order valence-corrected chi connectivity index (χ3v) is 2.99. The summed E-state index contributed by atoms with van der Waals surface area (Å²) >= 11 is 2.07. The van der Waals surface area contributed by atoms with Gasteiger partial charge in [-0.3, -0.25) is 10.1 Å². The standard InChI is InChI=1S/C11H15IN2O3/c1-3-17-7-6-13(2)10-5-4-9(12)8-11(10)14(15)16/h4-5,8H,3,6-7H2,1-2H3. The van der Waals surface area contributed by atoms with Crippen molar-refractivity contribution in [1.82, 2.24) is 0 Å². The van der Waals surface area contributed by atoms with Gasteiger partial charge in [0.25, 0.3) is 5.69 Å². The summed E-state index contributed by atoms with van der Waals surface area (Å²) in [5.74, 6) is 0. The van der Waals surface area contributed by atoms with Gasteiger partial charge in [0.15, 0.2) is 0 Å². The van der Waals surface area contributed by atoms with E-state index in [1.54, 1.807) is 12.1 Å². The molecule has 0 aliphatic carbocycles. The molecule has 1 rings (SSSR count). The molecule has 1 aromatic rings. The Balaban J connectivity index is 2.84. The Hall–Kier alpha value is -0.890. The third-order valence-electron chi connectivity index (χ3n) is 2.32. The van der Waals surface area contributed by atoms with Crippen molar-refractivity contribution in [3.63, 3.8) is 0 Å². The van der Waals surface area contributed by atoms with E-state index in [1.807, 2.05) is 24.9 Å². The minimum atomic E-state index is -0.353. The number of benzene rings is 1. The lowest BCUT2D eigenvalue weighted by Gasteiger charge is -2.18. The molecule has 0 amide bonds. The van der Waals surface area contributed by atoms with Crippen molar-refractivity contribution >= 4 is 34.0 Å². The number of nitro benzene ring substituents is 1. The van der Waals surface area contributed by atoms with Gasteiger partial charge in [-0.2, -0.15) is 0 Å². The van der Waals surface area contributed by atoms with E-state index in [4.69, 9.17) is 4.74 Å². The van der Waals surface area contributed by atoms with E-state index < -0.39 is 0 Å². The van der Waals surface area contributed by atoms with Gasteiger partial charge in [-0.1, -0.05) is 0 Å². The number of hydrogen-bond donors (Lipinski definition) is 0. The average Bonchev–Trinajstić information content (AvgIpc) is 2.29. The number of nitrogens with zero attached hydrogens (tertiary/aromatic N) is 2. The van der Waals surface area contributed by atoms with Crippen molar-refractivity contribution in [2.24, 2.45) is 0 Å². The molecule has 0 saturated heterocycles. The van der Waals surface area contributed by atoms with Crippen LogP contribution in [0.25, 0.3) is 0 Å². The van der Waals surface area contributed by atoms with Crippen LogP contribution in [0.5, 0.6) is 0 Å². The molecular formula is C11H15IN2O3. The molecule has 0 unspecified atom stereocenters. The first kappa shape index (κ1) is 14.2. The number of ether oxygens (including phenoxy) is 1. The van der Waals surface area contributed by atoms with Crippen molar-refractivity contribution in [3.05, 3.63) is 31.9 Å². The van der Waals surface area contributed by atoms with Gasteiger partial charge in [-0.15, -0.1) is 0 Å². The molecule has 0 atom stereocenters. The van der Waals surface area contributed by atoms with Gasteiger partial charge in [-0.25, -0.2) is 0 Å². The summed E-state index contributed by atoms with van der Waals surface area (Å²) in [5, 5.41) is 11.0. The minimum Gasteiger partial charge on any atom is -0.380 e. The maximum Gasteiger partial charge on any atom is 0.293 e. The molecule has 94 valence electrons. The minimum absolute atomic E-state index is 0.135. The Morgan fingerprint density at radius 3 is 2.82 bits per heavy atom. The lowest BCUT2D eigenvalue weighted by molar-refractivity contribution is -0.384. The number of nitro groups is 1. The Morgan fingerprint density at radius 1 is 1.53 bits per heavy atom. The van der Waals surface area contributed by atoms with Gasteiger partial charge in [0, 0.05) is 29.8 Å². The first-order chi connectivity index (χ1) is 8.06. The molecule has 0 heterocycles. The Kier molecular flexibility index (Phi) is 5.63. The van der Waals surface area contributed by atoms with Crippen LogP contribution in [0.15, 0.2) is 18.2 Å². The summed E-state index contributed by atoms with van der Waals surface area (Å²) in [4.78, 5) is 12.4. The Labute approximate surface area is 114 Å². The second-order valence-electron chi connectivity index (χ2n) is 3.51. The van der Waals surface area contributed by atoms with E-state index in [0.717, 1.165) is 3.57 Å². The molecule has 0 fully saturated rings. The molecular weight excluding hydrogens is 335 g/mol. The first-order valence-corrected chi connectivity index (χ1v) is 6.37. The smallest absolute Gasteiger partial charge is 0.293 e. The van der Waals surface area contributed by atoms with E-state index in [2.05, 4.69) is 22.6 Å². The summed E-state index contributed by atoms with van der Waals surface area (Å²) in [7, 11) is 1.83. The topological polar surface area (TPSA) is 55.6 Å². The van der Waals surface area contributed by atoms with Gasteiger partial charge in [0.2, 0.25) is 0 Å². The van der Waals surface area contributed by atoms with Crippen LogP contribution in [0, 0.1) is 13.7 Å². The lowest BCUT2D eigenvalue weighted by atomic mass is 10.2. The molecule has 17 heavy (non-hydrogen) atoms. The highest BCUT2D eigenvalue weighted by Gasteiger charge is 2.17. The Bertz CT molecular complexity index is 398. The molecule has 0 bridgehead atoms. The summed E-state index contributed by atoms with van der Waals surface area (Å²) in [5.41, 5.74) is 0.756. The van der Waals surface area contributed by atoms with E-state index in [0.29, 0.717) is 25.4 Å². The molecule has 1 aromatic carbocycles. The number of rotatable bonds is 6. The fourth-order valence-corrected chi connectivity index (χ4v) is 1.91. The van der Waals surface area contributed by atoms with Crippen LogP contribution >= 0.6 is 22.6 Å². The summed E-state index contributed by atoms with van der Waals surface area (Å²) in [6, 6.07) is 5.21. The van der Waals surface area contributed by atoms with Crippen LogP contribution in [0.3, 0.4) is 0 Å². The van der Waals surface area contributed by atoms with Crippen molar-refractivity contribution in [3.8, 4) is 0 Å². The van der Waals surface area contributed by atoms with Crippen LogP contribution in [0.2, 0.25) is 0 Å². The van der Waals surface area contributed by atoms with Gasteiger partial charge >= 0.3 is 0 Å². The van der Waals surface area contributed by atoms with E-state index in [1.165, 1.54) is 0 Å². The van der Waals surface area contributed by atoms with Crippen LogP contribution in [-0.4, -0.2) is 31.7 Å². The van der Waals surface area contributed by atoms with Crippen LogP contribution in [-0.2, 0) is 4.74 Å². The van der Waals surface area contributed by atoms with Gasteiger partial charge in [0.1, 0.15) is 5.69 Å². The van der Waals surface area contributed by atoms with Crippen molar-refractivity contribution < 1.29 is 9.66 Å². The molecule has 0 radical (unpaired) electrons. The van der Waals surface area contributed by atoms with E-state index in [9.17, 15) is 10.1 Å². The molecule has 5 nitrogen and oxygen atoms in total. The average molecular weight is 350 g/mol. The number of hydrogen-bond acceptors (Lipinski definition) is 4. The zero-order chi connectivity index (χ0) is 12.8. The quantitative estimate of drug-likeness (QED) is 0.343. The summed E-state index contributed by atoms with van der Waals surface area (Å²) < 4.78 is 6.09. The largest absolute Gasteiger partial charge is 0.380 e. The van der Waals surface area contributed by atoms with Crippen LogP contribution in [0.4, 0.5) is 11.4 Å².